The number of nitrogens with zero attached hydrogens (tertiary/aromatic N) is 2. The van der Waals surface area contributed by atoms with Gasteiger partial charge >= 0.3 is 0 Å². The minimum absolute atomic E-state index is 0.0272. The Bertz CT molecular complexity index is 2900. The molecule has 0 fully saturated rings. The topological polar surface area (TPSA) is 116 Å². The second-order valence-electron chi connectivity index (χ2n) is 15.9. The Morgan fingerprint density at radius 2 is 1.00 bits per heavy atom. The van der Waals surface area contributed by atoms with E-state index in [0.29, 0.717) is 17.8 Å². The first-order valence-electron chi connectivity index (χ1n) is 19.6. The molecule has 0 unspecified atom stereocenters. The van der Waals surface area contributed by atoms with Crippen LogP contribution in [0.3, 0.4) is 0 Å². The van der Waals surface area contributed by atoms with Crippen molar-refractivity contribution in [3.8, 4) is 0 Å². The molecule has 0 aliphatic heterocycles. The van der Waals surface area contributed by atoms with Gasteiger partial charge in [-0.15, -0.1) is 0 Å². The summed E-state index contributed by atoms with van der Waals surface area (Å²) in [4.78, 5) is 16.5. The van der Waals surface area contributed by atoms with Crippen LogP contribution in [0.5, 0.6) is 0 Å². The third-order valence-electron chi connectivity index (χ3n) is 11.0. The molecule has 2 N–H and O–H groups in total. The lowest BCUT2D eigenvalue weighted by atomic mass is 10.0. The van der Waals surface area contributed by atoms with Gasteiger partial charge in [0.25, 0.3) is 20.0 Å². The number of carbonyl (C=O) groups excluding carboxylic acids is 1. The van der Waals surface area contributed by atoms with E-state index in [-0.39, 0.29) is 15.7 Å². The normalized spacial score (nSPS) is 13.7. The number of sulfonamides is 2. The molecule has 2 aliphatic rings. The minimum atomic E-state index is -3.73. The summed E-state index contributed by atoms with van der Waals surface area (Å²) in [5.74, 6) is 0.0272. The molecule has 8 rings (SSSR count). The smallest absolute Gasteiger partial charge is 0.261 e. The van der Waals surface area contributed by atoms with Gasteiger partial charge in [0, 0.05) is 32.0 Å². The second kappa shape index (κ2) is 16.8. The molecular formula is C48H50N4O5S2. The summed E-state index contributed by atoms with van der Waals surface area (Å²) < 4.78 is 57.4. The van der Waals surface area contributed by atoms with Crippen molar-refractivity contribution in [2.75, 3.05) is 44.2 Å². The maximum Gasteiger partial charge on any atom is 0.261 e. The van der Waals surface area contributed by atoms with Crippen LogP contribution in [0.4, 0.5) is 11.4 Å². The number of amides is 1. The van der Waals surface area contributed by atoms with Crippen LogP contribution in [0.1, 0.15) is 48.9 Å². The molecule has 0 saturated heterocycles. The van der Waals surface area contributed by atoms with Crippen LogP contribution in [0.25, 0.3) is 32.7 Å². The predicted octanol–water partition coefficient (Wildman–Crippen LogP) is 9.37. The highest BCUT2D eigenvalue weighted by molar-refractivity contribution is 7.93. The number of hydrogen-bond donors (Lipinski definition) is 2. The van der Waals surface area contributed by atoms with Crippen molar-refractivity contribution in [1.82, 2.24) is 9.80 Å². The van der Waals surface area contributed by atoms with Crippen LogP contribution in [0, 0.1) is 0 Å². The molecule has 0 radical (unpaired) electrons. The summed E-state index contributed by atoms with van der Waals surface area (Å²) in [7, 11) is 0.231. The molecule has 0 aromatic heterocycles. The molecule has 0 heterocycles. The Morgan fingerprint density at radius 1 is 0.559 bits per heavy atom. The first-order chi connectivity index (χ1) is 28.1. The van der Waals surface area contributed by atoms with Crippen LogP contribution < -0.4 is 9.44 Å². The molecule has 1 amide bonds. The standard InChI is InChI=1S/C24H24N2O3S.C24H26N2O2S/c1-16-12-19-8-10-20(14-23(19)22(16)15-24(27)26(2)3)25-30(28,29)21-11-9-17-6-4-5-7-18(17)13-21;1-17-14-20-8-10-21(16-24(20)23(17)12-13-26(2)3)25-29(27,28)22-11-9-18-6-4-5-7-19(18)15-22/h4-11,13-14,25H,12,15H2,1-3H3;4-11,15-16,25H,12-14H2,1-3H3. The predicted molar refractivity (Wildman–Crippen MR) is 241 cm³/mol. The molecule has 0 saturated carbocycles. The largest absolute Gasteiger partial charge is 0.349 e. The molecule has 11 heteroatoms. The molecular weight excluding hydrogens is 777 g/mol. The van der Waals surface area contributed by atoms with Gasteiger partial charge in [-0.25, -0.2) is 16.8 Å². The maximum absolute atomic E-state index is 13.0. The average Bonchev–Trinajstić information content (AvgIpc) is 3.69. The van der Waals surface area contributed by atoms with E-state index in [1.165, 1.54) is 22.3 Å². The zero-order valence-electron chi connectivity index (χ0n) is 34.3. The molecule has 59 heavy (non-hydrogen) atoms. The van der Waals surface area contributed by atoms with Gasteiger partial charge in [-0.3, -0.25) is 14.2 Å². The zero-order valence-corrected chi connectivity index (χ0v) is 36.0. The Balaban J connectivity index is 0.000000179. The van der Waals surface area contributed by atoms with Crippen molar-refractivity contribution in [3.63, 3.8) is 0 Å². The number of hydrogen-bond acceptors (Lipinski definition) is 6. The van der Waals surface area contributed by atoms with Gasteiger partial charge < -0.3 is 9.80 Å². The van der Waals surface area contributed by atoms with Crippen molar-refractivity contribution < 1.29 is 21.6 Å². The Labute approximate surface area is 348 Å². The van der Waals surface area contributed by atoms with Gasteiger partial charge in [0.1, 0.15) is 0 Å². The van der Waals surface area contributed by atoms with Crippen LogP contribution in [0.15, 0.2) is 142 Å². The fourth-order valence-corrected chi connectivity index (χ4v) is 9.90. The summed E-state index contributed by atoms with van der Waals surface area (Å²) >= 11 is 0. The number of allylic oxidation sites excluding steroid dienone is 2. The van der Waals surface area contributed by atoms with Gasteiger partial charge in [0.2, 0.25) is 5.91 Å². The van der Waals surface area contributed by atoms with Crippen LogP contribution >= 0.6 is 0 Å². The van der Waals surface area contributed by atoms with Gasteiger partial charge in [-0.1, -0.05) is 83.9 Å². The lowest BCUT2D eigenvalue weighted by Gasteiger charge is -2.14. The third-order valence-corrected chi connectivity index (χ3v) is 13.8. The molecule has 6 aromatic carbocycles. The van der Waals surface area contributed by atoms with E-state index in [1.54, 1.807) is 49.3 Å². The van der Waals surface area contributed by atoms with Crippen LogP contribution in [0.2, 0.25) is 0 Å². The zero-order chi connectivity index (χ0) is 42.1. The Kier molecular flexibility index (Phi) is 11.8. The van der Waals surface area contributed by atoms with Gasteiger partial charge in [0.05, 0.1) is 16.2 Å². The average molecular weight is 827 g/mol. The maximum atomic E-state index is 13.0. The molecule has 0 atom stereocenters. The second-order valence-corrected chi connectivity index (χ2v) is 19.2. The first kappa shape index (κ1) is 41.4. The van der Waals surface area contributed by atoms with E-state index in [2.05, 4.69) is 35.4 Å². The van der Waals surface area contributed by atoms with Crippen molar-refractivity contribution in [2.45, 2.75) is 49.3 Å². The Hall–Kier alpha value is -5.75. The Morgan fingerprint density at radius 3 is 1.46 bits per heavy atom. The van der Waals surface area contributed by atoms with Crippen molar-refractivity contribution in [1.29, 1.82) is 0 Å². The number of fused-ring (bicyclic) bond motifs is 4. The van der Waals surface area contributed by atoms with E-state index in [0.717, 1.165) is 69.6 Å². The third kappa shape index (κ3) is 9.28. The van der Waals surface area contributed by atoms with E-state index in [1.807, 2.05) is 97.9 Å². The first-order valence-corrected chi connectivity index (χ1v) is 22.6. The number of carbonyl (C=O) groups is 1. The molecule has 2 aliphatic carbocycles. The van der Waals surface area contributed by atoms with Gasteiger partial charge in [-0.2, -0.15) is 0 Å². The van der Waals surface area contributed by atoms with E-state index < -0.39 is 20.0 Å². The highest BCUT2D eigenvalue weighted by Gasteiger charge is 2.24. The minimum Gasteiger partial charge on any atom is -0.349 e. The summed E-state index contributed by atoms with van der Waals surface area (Å²) in [6, 6.07) is 37.2. The van der Waals surface area contributed by atoms with Crippen LogP contribution in [-0.4, -0.2) is 67.3 Å². The number of nitrogens with one attached hydrogen (secondary N) is 2. The summed E-state index contributed by atoms with van der Waals surface area (Å²) in [6.45, 7) is 5.17. The highest BCUT2D eigenvalue weighted by Crippen LogP contribution is 2.38. The van der Waals surface area contributed by atoms with Crippen molar-refractivity contribution >= 4 is 70.0 Å². The number of benzene rings is 6. The summed E-state index contributed by atoms with van der Waals surface area (Å²) in [5.41, 5.74) is 10.4. The fourth-order valence-electron chi connectivity index (χ4n) is 7.73. The van der Waals surface area contributed by atoms with E-state index >= 15 is 0 Å². The monoisotopic (exact) mass is 826 g/mol. The SMILES string of the molecule is CC1=C(CC(=O)N(C)C)c2cc(NS(=O)(=O)c3ccc4ccccc4c3)ccc2C1.CC1=C(CCN(C)C)c2cc(NS(=O)(=O)c3ccc4ccccc4c3)ccc2C1. The molecule has 304 valence electrons. The van der Waals surface area contributed by atoms with E-state index in [9.17, 15) is 21.6 Å². The lowest BCUT2D eigenvalue weighted by Crippen LogP contribution is -2.21. The van der Waals surface area contributed by atoms with Gasteiger partial charge in [-0.05, 0) is 151 Å². The molecule has 9 nitrogen and oxygen atoms in total. The van der Waals surface area contributed by atoms with Crippen molar-refractivity contribution in [2.24, 2.45) is 0 Å². The van der Waals surface area contributed by atoms with Gasteiger partial charge in [0.15, 0.2) is 0 Å². The number of rotatable bonds is 11. The molecule has 0 spiro atoms. The summed E-state index contributed by atoms with van der Waals surface area (Å²) in [6.07, 6.45) is 3.00. The van der Waals surface area contributed by atoms with Crippen molar-refractivity contribution in [3.05, 3.63) is 155 Å². The highest BCUT2D eigenvalue weighted by atomic mass is 32.2. The molecule has 0 bridgehead atoms. The van der Waals surface area contributed by atoms with E-state index in [4.69, 9.17) is 0 Å². The lowest BCUT2D eigenvalue weighted by molar-refractivity contribution is -0.127. The number of anilines is 2. The quantitative estimate of drug-likeness (QED) is 0.135. The fraction of sp³-hybridized carbons (Fsp3) is 0.229. The molecule has 6 aromatic rings. The van der Waals surface area contributed by atoms with Crippen LogP contribution in [-0.2, 0) is 37.7 Å². The summed E-state index contributed by atoms with van der Waals surface area (Å²) in [5, 5.41) is 3.80.